The summed E-state index contributed by atoms with van der Waals surface area (Å²) in [6, 6.07) is 0. The molecule has 5 fully saturated rings. The van der Waals surface area contributed by atoms with Crippen LogP contribution in [-0.2, 0) is 57.1 Å². The van der Waals surface area contributed by atoms with E-state index >= 15 is 0 Å². The van der Waals surface area contributed by atoms with Crippen LogP contribution in [0.5, 0.6) is 0 Å². The number of hydrogen-bond acceptors (Lipinski definition) is 12. The second-order valence-electron chi connectivity index (χ2n) is 18.6. The van der Waals surface area contributed by atoms with Gasteiger partial charge in [-0.25, -0.2) is 4.79 Å². The molecule has 0 radical (unpaired) electrons. The smallest absolute Gasteiger partial charge is 0.347 e. The Morgan fingerprint density at radius 1 is 0.618 bits per heavy atom. The molecule has 1 unspecified atom stereocenters. The Hall–Kier alpha value is -2.73. The van der Waals surface area contributed by atoms with E-state index in [1.54, 1.807) is 13.8 Å². The van der Waals surface area contributed by atoms with Crippen molar-refractivity contribution in [2.24, 2.45) is 45.3 Å². The van der Waals surface area contributed by atoms with Crippen molar-refractivity contribution in [1.29, 1.82) is 0 Å². The van der Waals surface area contributed by atoms with Gasteiger partial charge in [0, 0.05) is 6.42 Å². The number of rotatable bonds is 17. The molecule has 1 saturated heterocycles. The highest BCUT2D eigenvalue weighted by Crippen LogP contribution is 2.59. The summed E-state index contributed by atoms with van der Waals surface area (Å²) in [5.74, 6) is 1.79. The van der Waals surface area contributed by atoms with Gasteiger partial charge in [-0.1, -0.05) is 27.7 Å². The van der Waals surface area contributed by atoms with E-state index in [9.17, 15) is 24.0 Å². The molecule has 12 heteroatoms. The van der Waals surface area contributed by atoms with Crippen molar-refractivity contribution >= 4 is 29.8 Å². The second kappa shape index (κ2) is 20.6. The molecule has 0 N–H and O–H groups in total. The fourth-order valence-electron chi connectivity index (χ4n) is 6.89. The zero-order chi connectivity index (χ0) is 41.8. The fourth-order valence-corrected chi connectivity index (χ4v) is 6.89. The van der Waals surface area contributed by atoms with Gasteiger partial charge in [0.05, 0.1) is 41.5 Å². The third-order valence-corrected chi connectivity index (χ3v) is 12.9. The molecule has 4 aliphatic carbocycles. The van der Waals surface area contributed by atoms with Crippen molar-refractivity contribution in [2.75, 3.05) is 33.4 Å². The Morgan fingerprint density at radius 3 is 1.36 bits per heavy atom. The molecule has 0 amide bonds. The molecule has 5 aliphatic rings. The van der Waals surface area contributed by atoms with Crippen LogP contribution in [0.2, 0.25) is 0 Å². The molecule has 4 saturated carbocycles. The maximum atomic E-state index is 12.5. The van der Waals surface area contributed by atoms with Gasteiger partial charge >= 0.3 is 29.8 Å². The van der Waals surface area contributed by atoms with E-state index in [1.807, 2.05) is 62.3 Å². The van der Waals surface area contributed by atoms with Crippen LogP contribution in [0, 0.1) is 45.3 Å². The van der Waals surface area contributed by atoms with Gasteiger partial charge in [0.1, 0.15) is 5.60 Å². The van der Waals surface area contributed by atoms with Crippen LogP contribution in [0.3, 0.4) is 0 Å². The first-order valence-corrected chi connectivity index (χ1v) is 20.6. The van der Waals surface area contributed by atoms with E-state index in [4.69, 9.17) is 33.2 Å². The molecule has 0 spiro atoms. The highest BCUT2D eigenvalue weighted by atomic mass is 16.7. The van der Waals surface area contributed by atoms with Gasteiger partial charge < -0.3 is 33.2 Å². The van der Waals surface area contributed by atoms with E-state index in [2.05, 4.69) is 13.8 Å². The molecule has 318 valence electrons. The second-order valence-corrected chi connectivity index (χ2v) is 18.6. The van der Waals surface area contributed by atoms with E-state index in [1.165, 1.54) is 32.1 Å². The van der Waals surface area contributed by atoms with E-state index < -0.39 is 28.3 Å². The van der Waals surface area contributed by atoms with Gasteiger partial charge in [-0.2, -0.15) is 0 Å². The summed E-state index contributed by atoms with van der Waals surface area (Å²) in [7, 11) is 0. The van der Waals surface area contributed by atoms with Gasteiger partial charge in [-0.15, -0.1) is 0 Å². The lowest BCUT2D eigenvalue weighted by Crippen LogP contribution is -2.58. The first-order valence-electron chi connectivity index (χ1n) is 20.6. The average molecular weight is 783 g/mol. The Kier molecular flexibility index (Phi) is 18.2. The van der Waals surface area contributed by atoms with Gasteiger partial charge in [-0.05, 0) is 144 Å². The Labute approximate surface area is 331 Å². The molecular formula is C43H74O12. The molecule has 0 aromatic rings. The lowest BCUT2D eigenvalue weighted by atomic mass is 9.50. The SMILES string of the molecule is CCC(C)(C)C(=O)OC1(C)C2CC3CC(C2)CC1C3.CCC(C)(C)C(=O)OC1CCOC1=O.CCC(C)(C)C(=O)OCOCCOCOC(=O)C(C)(C)CC. The predicted molar refractivity (Wildman–Crippen MR) is 207 cm³/mol. The molecule has 1 aliphatic heterocycles. The lowest BCUT2D eigenvalue weighted by Gasteiger charge is -2.59. The highest BCUT2D eigenvalue weighted by molar-refractivity contribution is 5.82. The standard InChI is InChI=1S/C17H28O2.C16H30O6.C10H16O4/c1-5-16(2,3)15(18)19-17(4)13-7-11-6-12(9-13)10-14(17)8-11;1-7-15(3,4)13(17)21-11-19-9-10-20-12-22-14(18)16(5,6)8-2;1-4-10(2,3)9(12)14-7-5-6-13-8(7)11/h11-14H,5-10H2,1-4H3;7-12H2,1-6H3;7H,4-6H2,1-3H3. The Morgan fingerprint density at radius 2 is 1.00 bits per heavy atom. The summed E-state index contributed by atoms with van der Waals surface area (Å²) in [6.07, 6.45) is 9.36. The number of cyclic esters (lactones) is 1. The third-order valence-electron chi connectivity index (χ3n) is 12.9. The summed E-state index contributed by atoms with van der Waals surface area (Å²) in [6.45, 7) is 25.6. The van der Waals surface area contributed by atoms with Crippen molar-refractivity contribution in [3.8, 4) is 0 Å². The lowest BCUT2D eigenvalue weighted by molar-refractivity contribution is -0.211. The van der Waals surface area contributed by atoms with Crippen LogP contribution in [-0.4, -0.2) is 75.0 Å². The molecule has 0 aromatic heterocycles. The third kappa shape index (κ3) is 13.7. The average Bonchev–Trinajstić information content (AvgIpc) is 3.54. The van der Waals surface area contributed by atoms with Crippen LogP contribution >= 0.6 is 0 Å². The topological polar surface area (TPSA) is 150 Å². The van der Waals surface area contributed by atoms with Crippen LogP contribution in [0.25, 0.3) is 0 Å². The fraction of sp³-hybridized carbons (Fsp3) is 0.884. The number of esters is 5. The van der Waals surface area contributed by atoms with E-state index in [0.29, 0.717) is 44.1 Å². The molecular weight excluding hydrogens is 708 g/mol. The summed E-state index contributed by atoms with van der Waals surface area (Å²) in [4.78, 5) is 58.3. The maximum Gasteiger partial charge on any atom is 0.347 e. The first-order chi connectivity index (χ1) is 25.5. The molecule has 1 atom stereocenters. The van der Waals surface area contributed by atoms with Crippen molar-refractivity contribution in [2.45, 2.75) is 166 Å². The predicted octanol–water partition coefficient (Wildman–Crippen LogP) is 8.36. The Balaban J connectivity index is 0.000000291. The quantitative estimate of drug-likeness (QED) is 0.0604. The van der Waals surface area contributed by atoms with Gasteiger partial charge in [0.15, 0.2) is 13.6 Å². The maximum absolute atomic E-state index is 12.5. The molecule has 55 heavy (non-hydrogen) atoms. The van der Waals surface area contributed by atoms with Crippen molar-refractivity contribution in [1.82, 2.24) is 0 Å². The zero-order valence-electron chi connectivity index (χ0n) is 36.4. The van der Waals surface area contributed by atoms with E-state index in [0.717, 1.165) is 18.3 Å². The molecule has 4 bridgehead atoms. The molecule has 5 rings (SSSR count). The van der Waals surface area contributed by atoms with Crippen molar-refractivity contribution < 1.29 is 57.1 Å². The van der Waals surface area contributed by atoms with Crippen LogP contribution in [0.4, 0.5) is 0 Å². The van der Waals surface area contributed by atoms with Crippen LogP contribution < -0.4 is 0 Å². The summed E-state index contributed by atoms with van der Waals surface area (Å²) in [5, 5.41) is 0. The highest BCUT2D eigenvalue weighted by Gasteiger charge is 2.57. The van der Waals surface area contributed by atoms with Crippen LogP contribution in [0.1, 0.15) is 154 Å². The minimum absolute atomic E-state index is 0.0185. The molecule has 1 heterocycles. The van der Waals surface area contributed by atoms with Crippen LogP contribution in [0.15, 0.2) is 0 Å². The summed E-state index contributed by atoms with van der Waals surface area (Å²) >= 11 is 0. The van der Waals surface area contributed by atoms with Gasteiger partial charge in [0.25, 0.3) is 0 Å². The minimum Gasteiger partial charge on any atom is -0.463 e. The number of hydrogen-bond donors (Lipinski definition) is 0. The normalized spacial score (nSPS) is 25.8. The summed E-state index contributed by atoms with van der Waals surface area (Å²) in [5.41, 5.74) is -2.03. The number of carbonyl (C=O) groups excluding carboxylic acids is 5. The number of carbonyl (C=O) groups is 5. The Bertz CT molecular complexity index is 1220. The number of ether oxygens (including phenoxy) is 7. The van der Waals surface area contributed by atoms with Crippen molar-refractivity contribution in [3.05, 3.63) is 0 Å². The summed E-state index contributed by atoms with van der Waals surface area (Å²) < 4.78 is 36.2. The molecule has 12 nitrogen and oxygen atoms in total. The first kappa shape index (κ1) is 48.4. The van der Waals surface area contributed by atoms with Gasteiger partial charge in [-0.3, -0.25) is 19.2 Å². The van der Waals surface area contributed by atoms with Gasteiger partial charge in [0.2, 0.25) is 6.10 Å². The monoisotopic (exact) mass is 783 g/mol. The zero-order valence-corrected chi connectivity index (χ0v) is 36.4. The van der Waals surface area contributed by atoms with Crippen molar-refractivity contribution in [3.63, 3.8) is 0 Å². The molecule has 0 aromatic carbocycles. The van der Waals surface area contributed by atoms with E-state index in [-0.39, 0.29) is 61.7 Å². The minimum atomic E-state index is -0.687. The largest absolute Gasteiger partial charge is 0.463 e.